The molecule has 3 heterocycles. The molecule has 0 amide bonds. The summed E-state index contributed by atoms with van der Waals surface area (Å²) in [6.07, 6.45) is 3.51. The van der Waals surface area contributed by atoms with Crippen LogP contribution >= 0.6 is 11.6 Å². The van der Waals surface area contributed by atoms with Crippen molar-refractivity contribution < 1.29 is 4.52 Å². The third-order valence-corrected chi connectivity index (χ3v) is 2.21. The molecule has 0 unspecified atom stereocenters. The van der Waals surface area contributed by atoms with E-state index in [2.05, 4.69) is 15.2 Å². The fraction of sp³-hybridized carbons (Fsp3) is 0. The molecule has 0 atom stereocenters. The summed E-state index contributed by atoms with van der Waals surface area (Å²) < 4.78 is 6.70. The molecule has 3 rings (SSSR count). The minimum Gasteiger partial charge on any atom is -0.333 e. The molecule has 0 aliphatic rings. The second-order valence-corrected chi connectivity index (χ2v) is 3.30. The molecule has 5 nitrogen and oxygen atoms in total. The first-order chi connectivity index (χ1) is 7.34. The van der Waals surface area contributed by atoms with Crippen LogP contribution in [-0.4, -0.2) is 19.8 Å². The summed E-state index contributed by atoms with van der Waals surface area (Å²) in [5.41, 5.74) is 1.67. The number of halogens is 1. The highest BCUT2D eigenvalue weighted by molar-refractivity contribution is 6.28. The Morgan fingerprint density at radius 3 is 3.07 bits per heavy atom. The molecule has 0 radical (unpaired) electrons. The van der Waals surface area contributed by atoms with E-state index in [1.54, 1.807) is 10.7 Å². The quantitative estimate of drug-likeness (QED) is 0.630. The number of aromatic nitrogens is 4. The van der Waals surface area contributed by atoms with Gasteiger partial charge in [0.05, 0.1) is 17.3 Å². The van der Waals surface area contributed by atoms with E-state index >= 15 is 0 Å². The number of hydrogen-bond donors (Lipinski definition) is 0. The van der Waals surface area contributed by atoms with E-state index in [-0.39, 0.29) is 5.28 Å². The largest absolute Gasteiger partial charge is 0.333 e. The molecule has 0 aliphatic heterocycles. The van der Waals surface area contributed by atoms with E-state index in [4.69, 9.17) is 16.1 Å². The Morgan fingerprint density at radius 2 is 2.27 bits per heavy atom. The van der Waals surface area contributed by atoms with Crippen LogP contribution in [0.15, 0.2) is 35.1 Å². The van der Waals surface area contributed by atoms with Crippen molar-refractivity contribution in [3.8, 4) is 11.5 Å². The Bertz CT molecular complexity index is 615. The average molecular weight is 221 g/mol. The van der Waals surface area contributed by atoms with Crippen molar-refractivity contribution in [3.05, 3.63) is 35.9 Å². The molecule has 0 aliphatic carbocycles. The lowest BCUT2D eigenvalue weighted by atomic mass is 10.2. The van der Waals surface area contributed by atoms with E-state index < -0.39 is 0 Å². The maximum Gasteiger partial charge on any atom is 0.264 e. The second kappa shape index (κ2) is 3.06. The molecule has 15 heavy (non-hydrogen) atoms. The van der Waals surface area contributed by atoms with E-state index in [9.17, 15) is 0 Å². The second-order valence-electron chi connectivity index (χ2n) is 2.96. The Kier molecular flexibility index (Phi) is 1.72. The van der Waals surface area contributed by atoms with E-state index in [1.807, 2.05) is 24.4 Å². The smallest absolute Gasteiger partial charge is 0.264 e. The topological polar surface area (TPSA) is 56.2 Å². The minimum absolute atomic E-state index is 0.0975. The Labute approximate surface area is 89.3 Å². The highest BCUT2D eigenvalue weighted by Gasteiger charge is 2.12. The van der Waals surface area contributed by atoms with Gasteiger partial charge in [0.1, 0.15) is 0 Å². The summed E-state index contributed by atoms with van der Waals surface area (Å²) in [5.74, 6) is 0.376. The van der Waals surface area contributed by atoms with Crippen molar-refractivity contribution in [1.82, 2.24) is 19.8 Å². The van der Waals surface area contributed by atoms with Crippen molar-refractivity contribution in [3.63, 3.8) is 0 Å². The van der Waals surface area contributed by atoms with Crippen LogP contribution in [0.3, 0.4) is 0 Å². The van der Waals surface area contributed by atoms with Gasteiger partial charge in [-0.15, -0.1) is 0 Å². The van der Waals surface area contributed by atoms with Gasteiger partial charge in [-0.25, -0.2) is 4.52 Å². The molecular weight excluding hydrogens is 216 g/mol. The molecule has 3 aromatic rings. The predicted molar refractivity (Wildman–Crippen MR) is 53.5 cm³/mol. The molecule has 6 heteroatoms. The molecule has 0 saturated carbocycles. The van der Waals surface area contributed by atoms with E-state index in [1.165, 1.54) is 0 Å². The third-order valence-electron chi connectivity index (χ3n) is 2.06. The fourth-order valence-electron chi connectivity index (χ4n) is 1.41. The lowest BCUT2D eigenvalue weighted by Gasteiger charge is -1.91. The maximum atomic E-state index is 5.59. The van der Waals surface area contributed by atoms with Gasteiger partial charge in [-0.2, -0.15) is 10.1 Å². The van der Waals surface area contributed by atoms with Crippen LogP contribution in [-0.2, 0) is 0 Å². The summed E-state index contributed by atoms with van der Waals surface area (Å²) in [6.45, 7) is 0. The van der Waals surface area contributed by atoms with Crippen LogP contribution in [0.5, 0.6) is 0 Å². The van der Waals surface area contributed by atoms with Crippen molar-refractivity contribution in [1.29, 1.82) is 0 Å². The number of rotatable bonds is 1. The van der Waals surface area contributed by atoms with Gasteiger partial charge in [-0.1, -0.05) is 6.07 Å². The Morgan fingerprint density at radius 1 is 1.33 bits per heavy atom. The summed E-state index contributed by atoms with van der Waals surface area (Å²) >= 11 is 5.59. The van der Waals surface area contributed by atoms with Crippen LogP contribution in [0.4, 0.5) is 0 Å². The van der Waals surface area contributed by atoms with Crippen molar-refractivity contribution in [2.75, 3.05) is 0 Å². The summed E-state index contributed by atoms with van der Waals surface area (Å²) in [4.78, 5) is 3.94. The molecule has 0 bridgehead atoms. The van der Waals surface area contributed by atoms with Crippen molar-refractivity contribution in [2.24, 2.45) is 0 Å². The van der Waals surface area contributed by atoms with Crippen molar-refractivity contribution >= 4 is 17.1 Å². The number of pyridine rings is 1. The molecule has 74 valence electrons. The normalized spacial score (nSPS) is 11.0. The van der Waals surface area contributed by atoms with Gasteiger partial charge in [0.2, 0.25) is 0 Å². The van der Waals surface area contributed by atoms with Crippen molar-refractivity contribution in [2.45, 2.75) is 0 Å². The molecule has 0 fully saturated rings. The van der Waals surface area contributed by atoms with Crippen LogP contribution in [0.2, 0.25) is 5.28 Å². The maximum absolute atomic E-state index is 5.59. The highest BCUT2D eigenvalue weighted by atomic mass is 35.5. The highest BCUT2D eigenvalue weighted by Crippen LogP contribution is 2.23. The standard InChI is InChI=1S/C9H5ClN4O/c10-9-12-8(15-13-9)6-5-11-14-4-2-1-3-7(6)14/h1-5H. The lowest BCUT2D eigenvalue weighted by molar-refractivity contribution is 0.431. The molecule has 0 N–H and O–H groups in total. The first-order valence-electron chi connectivity index (χ1n) is 4.26. The molecular formula is C9H5ClN4O. The predicted octanol–water partition coefficient (Wildman–Crippen LogP) is 2.04. The zero-order valence-corrected chi connectivity index (χ0v) is 8.22. The fourth-order valence-corrected chi connectivity index (χ4v) is 1.53. The molecule has 0 saturated heterocycles. The van der Waals surface area contributed by atoms with Crippen LogP contribution < -0.4 is 0 Å². The number of nitrogens with zero attached hydrogens (tertiary/aromatic N) is 4. The molecule has 0 aromatic carbocycles. The van der Waals surface area contributed by atoms with Gasteiger partial charge in [0, 0.05) is 6.20 Å². The Hall–Kier alpha value is -1.88. The van der Waals surface area contributed by atoms with Crippen LogP contribution in [0.1, 0.15) is 0 Å². The van der Waals surface area contributed by atoms with Gasteiger partial charge in [-0.05, 0) is 28.9 Å². The average Bonchev–Trinajstić information content (AvgIpc) is 2.83. The van der Waals surface area contributed by atoms with E-state index in [0.29, 0.717) is 5.89 Å². The zero-order chi connectivity index (χ0) is 10.3. The zero-order valence-electron chi connectivity index (χ0n) is 7.46. The SMILES string of the molecule is Clc1noc(-c2cnn3ccccc23)n1. The first-order valence-corrected chi connectivity index (χ1v) is 4.64. The summed E-state index contributed by atoms with van der Waals surface area (Å²) in [6, 6.07) is 5.73. The minimum atomic E-state index is 0.0975. The molecule has 3 aromatic heterocycles. The lowest BCUT2D eigenvalue weighted by Crippen LogP contribution is -1.83. The summed E-state index contributed by atoms with van der Waals surface area (Å²) in [5, 5.41) is 7.77. The Balaban J connectivity index is 2.27. The van der Waals surface area contributed by atoms with Gasteiger partial charge < -0.3 is 4.52 Å². The number of fused-ring (bicyclic) bond motifs is 1. The van der Waals surface area contributed by atoms with Gasteiger partial charge in [0.15, 0.2) is 0 Å². The van der Waals surface area contributed by atoms with Gasteiger partial charge >= 0.3 is 0 Å². The van der Waals surface area contributed by atoms with Gasteiger partial charge in [-0.3, -0.25) is 0 Å². The first kappa shape index (κ1) is 8.43. The monoisotopic (exact) mass is 220 g/mol. The van der Waals surface area contributed by atoms with Crippen LogP contribution in [0, 0.1) is 0 Å². The van der Waals surface area contributed by atoms with Crippen LogP contribution in [0.25, 0.3) is 17.0 Å². The summed E-state index contributed by atoms with van der Waals surface area (Å²) in [7, 11) is 0. The van der Waals surface area contributed by atoms with Gasteiger partial charge in [0.25, 0.3) is 11.2 Å². The molecule has 0 spiro atoms. The van der Waals surface area contributed by atoms with E-state index in [0.717, 1.165) is 11.1 Å². The number of hydrogen-bond acceptors (Lipinski definition) is 4. The third kappa shape index (κ3) is 1.28.